The van der Waals surface area contributed by atoms with Crippen LogP contribution in [0, 0.1) is 0 Å². The highest BCUT2D eigenvalue weighted by atomic mass is 31.2. The van der Waals surface area contributed by atoms with Crippen LogP contribution in [0.4, 0.5) is 0 Å². The summed E-state index contributed by atoms with van der Waals surface area (Å²) in [7, 11) is 1.52. The van der Waals surface area contributed by atoms with E-state index in [-0.39, 0.29) is 19.1 Å². The molecule has 0 aliphatic heterocycles. The fourth-order valence-corrected chi connectivity index (χ4v) is 6.74. The van der Waals surface area contributed by atoms with Gasteiger partial charge in [-0.1, -0.05) is 173 Å². The molecule has 3 N–H and O–H groups in total. The average molecular weight is 882 g/mol. The molecule has 0 bridgehead atoms. The van der Waals surface area contributed by atoms with Gasteiger partial charge in [-0.15, -0.1) is 0 Å². The lowest BCUT2D eigenvalue weighted by Crippen LogP contribution is -2.45. The molecule has 0 spiro atoms. The highest BCUT2D eigenvalue weighted by molar-refractivity contribution is 7.47. The minimum Gasteiger partial charge on any atom is -0.387 e. The number of hydrogen-bond donors (Lipinski definition) is 3. The number of rotatable bonds is 41. The number of phosphoric ester groups is 1. The van der Waals surface area contributed by atoms with Gasteiger partial charge in [0.2, 0.25) is 5.91 Å². The van der Waals surface area contributed by atoms with Crippen molar-refractivity contribution in [2.75, 3.05) is 40.9 Å². The Morgan fingerprint density at radius 2 is 1.00 bits per heavy atom. The summed E-state index contributed by atoms with van der Waals surface area (Å²) < 4.78 is 23.5. The molecule has 3 unspecified atom stereocenters. The van der Waals surface area contributed by atoms with Gasteiger partial charge in [0.05, 0.1) is 39.9 Å². The molecule has 352 valence electrons. The van der Waals surface area contributed by atoms with E-state index >= 15 is 0 Å². The summed E-state index contributed by atoms with van der Waals surface area (Å²) in [5.41, 5.74) is 0. The highest BCUT2D eigenvalue weighted by Gasteiger charge is 2.27. The van der Waals surface area contributed by atoms with Crippen LogP contribution in [0.15, 0.2) is 122 Å². The third kappa shape index (κ3) is 44.9. The van der Waals surface area contributed by atoms with Crippen molar-refractivity contribution in [2.24, 2.45) is 0 Å². The van der Waals surface area contributed by atoms with Crippen molar-refractivity contribution in [2.45, 2.75) is 167 Å². The van der Waals surface area contributed by atoms with Crippen LogP contribution in [0.3, 0.4) is 0 Å². The second-order valence-electron chi connectivity index (χ2n) is 16.7. The molecule has 3 atom stereocenters. The molecular formula is C53H90N2O6P+. The number of carbonyl (C=O) groups excluding carboxylic acids is 1. The van der Waals surface area contributed by atoms with E-state index in [1.54, 1.807) is 6.08 Å². The predicted octanol–water partition coefficient (Wildman–Crippen LogP) is 13.9. The number of amides is 1. The minimum absolute atomic E-state index is 0.0451. The van der Waals surface area contributed by atoms with Crippen LogP contribution >= 0.6 is 7.82 Å². The van der Waals surface area contributed by atoms with Gasteiger partial charge in [-0.05, 0) is 96.8 Å². The minimum atomic E-state index is -4.35. The summed E-state index contributed by atoms with van der Waals surface area (Å²) in [6.07, 6.45) is 64.6. The fraction of sp³-hybridized carbons (Fsp3) is 0.604. The normalized spacial score (nSPS) is 15.3. The average Bonchev–Trinajstić information content (AvgIpc) is 3.23. The molecule has 0 rings (SSSR count). The van der Waals surface area contributed by atoms with Crippen molar-refractivity contribution in [1.82, 2.24) is 5.32 Å². The van der Waals surface area contributed by atoms with Gasteiger partial charge < -0.3 is 19.8 Å². The monoisotopic (exact) mass is 882 g/mol. The zero-order valence-corrected chi connectivity index (χ0v) is 40.7. The number of carbonyl (C=O) groups is 1. The molecule has 1 amide bonds. The van der Waals surface area contributed by atoms with Crippen LogP contribution in [-0.2, 0) is 18.4 Å². The zero-order chi connectivity index (χ0) is 45.7. The number of aliphatic hydroxyl groups excluding tert-OH is 1. The van der Waals surface area contributed by atoms with E-state index in [0.717, 1.165) is 103 Å². The van der Waals surface area contributed by atoms with Crippen molar-refractivity contribution in [3.8, 4) is 0 Å². The highest BCUT2D eigenvalue weighted by Crippen LogP contribution is 2.43. The van der Waals surface area contributed by atoms with E-state index in [4.69, 9.17) is 9.05 Å². The number of hydrogen-bond acceptors (Lipinski definition) is 5. The van der Waals surface area contributed by atoms with Crippen LogP contribution in [0.5, 0.6) is 0 Å². The molecule has 0 heterocycles. The Kier molecular flexibility index (Phi) is 41.0. The topological polar surface area (TPSA) is 105 Å². The van der Waals surface area contributed by atoms with Gasteiger partial charge in [-0.25, -0.2) is 4.57 Å². The van der Waals surface area contributed by atoms with Gasteiger partial charge in [0.15, 0.2) is 0 Å². The molecule has 0 fully saturated rings. The Morgan fingerprint density at radius 1 is 0.581 bits per heavy atom. The molecule has 8 nitrogen and oxygen atoms in total. The number of aliphatic hydroxyl groups is 1. The molecule has 62 heavy (non-hydrogen) atoms. The number of phosphoric acid groups is 1. The number of quaternary nitrogens is 1. The Hall–Kier alpha value is -3.10. The molecule has 9 heteroatoms. The molecule has 0 aromatic heterocycles. The van der Waals surface area contributed by atoms with Crippen LogP contribution in [0.25, 0.3) is 0 Å². The standard InChI is InChI=1S/C53H89N2O6P/c1-6-8-10-12-14-16-17-18-19-20-21-22-23-24-25-26-27-28-29-30-31-32-33-34-35-36-37-39-41-43-45-47-53(57)54-51(50-61-62(58,59)60-49-48-55(3,4)5)52(56)46-44-42-40-38-15-13-11-9-7-2/h7-10,14-16,18-19,21-22,24-25,27-28,30-31,38,44,46,51-52,56H,6,11-13,17,20,23,26,29,32-37,39-43,45,47-50H2,1-5H3,(H-,54,57,58,59)/p+1/b9-7+,10-8-,16-14-,19-18-,22-21-,25-24-,28-27-,31-30-,38-15+,46-44+. The second kappa shape index (κ2) is 43.2. The number of nitrogens with one attached hydrogen (secondary N) is 1. The van der Waals surface area contributed by atoms with Gasteiger partial charge in [0, 0.05) is 6.42 Å². The summed E-state index contributed by atoms with van der Waals surface area (Å²) in [6, 6.07) is -0.879. The first-order chi connectivity index (χ1) is 30.0. The molecule has 0 saturated heterocycles. The maximum absolute atomic E-state index is 12.9. The Morgan fingerprint density at radius 3 is 1.48 bits per heavy atom. The van der Waals surface area contributed by atoms with Gasteiger partial charge >= 0.3 is 7.82 Å². The lowest BCUT2D eigenvalue weighted by Gasteiger charge is -2.25. The van der Waals surface area contributed by atoms with Crippen molar-refractivity contribution in [3.05, 3.63) is 122 Å². The summed E-state index contributed by atoms with van der Waals surface area (Å²) >= 11 is 0. The summed E-state index contributed by atoms with van der Waals surface area (Å²) in [6.45, 7) is 4.39. The molecule has 0 aliphatic rings. The predicted molar refractivity (Wildman–Crippen MR) is 267 cm³/mol. The third-order valence-corrected chi connectivity index (χ3v) is 10.7. The van der Waals surface area contributed by atoms with E-state index in [0.29, 0.717) is 17.4 Å². The molecule has 0 aromatic carbocycles. The van der Waals surface area contributed by atoms with Crippen molar-refractivity contribution in [1.29, 1.82) is 0 Å². The summed E-state index contributed by atoms with van der Waals surface area (Å²) in [5, 5.41) is 13.7. The summed E-state index contributed by atoms with van der Waals surface area (Å²) in [5.74, 6) is -0.208. The van der Waals surface area contributed by atoms with E-state index in [1.165, 1.54) is 32.1 Å². The maximum Gasteiger partial charge on any atom is 0.472 e. The van der Waals surface area contributed by atoms with Crippen LogP contribution in [-0.4, -0.2) is 73.4 Å². The van der Waals surface area contributed by atoms with E-state index in [1.807, 2.05) is 40.2 Å². The van der Waals surface area contributed by atoms with Gasteiger partial charge in [0.1, 0.15) is 13.2 Å². The maximum atomic E-state index is 12.9. The Labute approximate surface area is 380 Å². The van der Waals surface area contributed by atoms with Crippen molar-refractivity contribution in [3.63, 3.8) is 0 Å². The first-order valence-electron chi connectivity index (χ1n) is 23.9. The van der Waals surface area contributed by atoms with E-state index in [2.05, 4.69) is 116 Å². The SMILES string of the molecule is C/C=C/CC/C=C/CC/C=C/C(O)C(COP(=O)(O)OCC[N+](C)(C)C)NC(=O)CCCCCCCCCCC/C=C\C/C=C\C/C=C\C/C=C\C/C=C\C/C=C\C/C=C\CC. The first-order valence-corrected chi connectivity index (χ1v) is 25.4. The van der Waals surface area contributed by atoms with Gasteiger partial charge in [0.25, 0.3) is 0 Å². The molecule has 0 saturated carbocycles. The molecule has 0 radical (unpaired) electrons. The largest absolute Gasteiger partial charge is 0.472 e. The van der Waals surface area contributed by atoms with E-state index in [9.17, 15) is 19.4 Å². The Bertz CT molecular complexity index is 1410. The summed E-state index contributed by atoms with van der Waals surface area (Å²) in [4.78, 5) is 23.1. The zero-order valence-electron chi connectivity index (χ0n) is 39.8. The number of nitrogens with zero attached hydrogens (tertiary/aromatic N) is 1. The fourth-order valence-electron chi connectivity index (χ4n) is 6.00. The number of likely N-dealkylation sites (N-methyl/N-ethyl adjacent to an activating group) is 1. The Balaban J connectivity index is 4.18. The van der Waals surface area contributed by atoms with Gasteiger partial charge in [-0.2, -0.15) is 0 Å². The van der Waals surface area contributed by atoms with Crippen LogP contribution in [0.1, 0.15) is 155 Å². The first kappa shape index (κ1) is 58.9. The quantitative estimate of drug-likeness (QED) is 0.0244. The second-order valence-corrected chi connectivity index (χ2v) is 18.2. The molecule has 0 aliphatic carbocycles. The number of unbranched alkanes of at least 4 members (excludes halogenated alkanes) is 11. The number of allylic oxidation sites excluding steroid dienone is 19. The smallest absolute Gasteiger partial charge is 0.387 e. The van der Waals surface area contributed by atoms with Gasteiger partial charge in [-0.3, -0.25) is 13.8 Å². The lowest BCUT2D eigenvalue weighted by atomic mass is 10.1. The van der Waals surface area contributed by atoms with Crippen LogP contribution < -0.4 is 5.32 Å². The molecular weight excluding hydrogens is 792 g/mol. The molecule has 0 aromatic rings. The third-order valence-electron chi connectivity index (χ3n) is 9.74. The van der Waals surface area contributed by atoms with E-state index < -0.39 is 20.0 Å². The van der Waals surface area contributed by atoms with Crippen LogP contribution in [0.2, 0.25) is 0 Å². The lowest BCUT2D eigenvalue weighted by molar-refractivity contribution is -0.870. The van der Waals surface area contributed by atoms with Crippen molar-refractivity contribution >= 4 is 13.7 Å². The van der Waals surface area contributed by atoms with Crippen molar-refractivity contribution < 1.29 is 32.9 Å².